The molecular weight excluding hydrogens is 313 g/mol. The molecule has 3 rings (SSSR count). The summed E-state index contributed by atoms with van der Waals surface area (Å²) in [6, 6.07) is 10.4. The van der Waals surface area contributed by atoms with Crippen molar-refractivity contribution in [1.82, 2.24) is 4.98 Å². The van der Waals surface area contributed by atoms with E-state index in [1.54, 1.807) is 7.11 Å². The summed E-state index contributed by atoms with van der Waals surface area (Å²) in [6.07, 6.45) is -4.33. The summed E-state index contributed by atoms with van der Waals surface area (Å²) >= 11 is 1.41. The third-order valence-electron chi connectivity index (χ3n) is 3.06. The van der Waals surface area contributed by atoms with Gasteiger partial charge in [0.05, 0.1) is 22.9 Å². The molecule has 0 saturated heterocycles. The summed E-state index contributed by atoms with van der Waals surface area (Å²) < 4.78 is 43.6. The molecule has 0 unspecified atom stereocenters. The maximum Gasteiger partial charge on any atom is 0.416 e. The van der Waals surface area contributed by atoms with Gasteiger partial charge in [-0.15, -0.1) is 0 Å². The van der Waals surface area contributed by atoms with E-state index in [1.165, 1.54) is 23.5 Å². The zero-order chi connectivity index (χ0) is 15.7. The number of alkyl halides is 3. The summed E-state index contributed by atoms with van der Waals surface area (Å²) in [4.78, 5) is 4.38. The Bertz CT molecular complexity index is 797. The fourth-order valence-corrected chi connectivity index (χ4v) is 2.87. The van der Waals surface area contributed by atoms with Gasteiger partial charge in [-0.3, -0.25) is 0 Å². The van der Waals surface area contributed by atoms with E-state index in [9.17, 15) is 13.2 Å². The third-order valence-corrected chi connectivity index (χ3v) is 3.99. The first kappa shape index (κ1) is 14.6. The second kappa shape index (κ2) is 5.49. The van der Waals surface area contributed by atoms with Crippen LogP contribution in [-0.2, 0) is 6.18 Å². The Morgan fingerprint density at radius 1 is 1.09 bits per heavy atom. The van der Waals surface area contributed by atoms with Crippen molar-refractivity contribution in [2.45, 2.75) is 6.18 Å². The van der Waals surface area contributed by atoms with Crippen LogP contribution in [0.3, 0.4) is 0 Å². The molecule has 0 bridgehead atoms. The lowest BCUT2D eigenvalue weighted by molar-refractivity contribution is -0.137. The van der Waals surface area contributed by atoms with E-state index < -0.39 is 11.7 Å². The van der Waals surface area contributed by atoms with E-state index in [1.807, 2.05) is 18.2 Å². The van der Waals surface area contributed by atoms with Gasteiger partial charge in [0.25, 0.3) is 0 Å². The molecule has 2 aromatic carbocycles. The first-order valence-corrected chi connectivity index (χ1v) is 7.16. The summed E-state index contributed by atoms with van der Waals surface area (Å²) in [5.74, 6) is 0.734. The van der Waals surface area contributed by atoms with Crippen LogP contribution in [0.15, 0.2) is 42.5 Å². The predicted octanol–water partition coefficient (Wildman–Crippen LogP) is 5.07. The second-order valence-electron chi connectivity index (χ2n) is 4.55. The zero-order valence-electron chi connectivity index (χ0n) is 11.4. The SMILES string of the molecule is COc1ccc2nc(Nc3ccc(C(F)(F)F)cc3)sc2c1. The fraction of sp³-hybridized carbons (Fsp3) is 0.133. The number of aromatic nitrogens is 1. The summed E-state index contributed by atoms with van der Waals surface area (Å²) in [5, 5.41) is 3.62. The highest BCUT2D eigenvalue weighted by Gasteiger charge is 2.29. The Labute approximate surface area is 128 Å². The minimum Gasteiger partial charge on any atom is -0.497 e. The number of halogens is 3. The molecule has 0 aliphatic rings. The number of hydrogen-bond acceptors (Lipinski definition) is 4. The van der Waals surface area contributed by atoms with Gasteiger partial charge in [-0.2, -0.15) is 13.2 Å². The van der Waals surface area contributed by atoms with Gasteiger partial charge in [0.1, 0.15) is 5.75 Å². The molecule has 1 aromatic heterocycles. The predicted molar refractivity (Wildman–Crippen MR) is 80.9 cm³/mol. The first-order valence-electron chi connectivity index (χ1n) is 6.34. The number of benzene rings is 2. The van der Waals surface area contributed by atoms with E-state index in [2.05, 4.69) is 10.3 Å². The van der Waals surface area contributed by atoms with E-state index >= 15 is 0 Å². The third kappa shape index (κ3) is 2.99. The monoisotopic (exact) mass is 324 g/mol. The van der Waals surface area contributed by atoms with Gasteiger partial charge in [-0.1, -0.05) is 11.3 Å². The molecule has 0 spiro atoms. The van der Waals surface area contributed by atoms with Crippen molar-refractivity contribution in [2.24, 2.45) is 0 Å². The number of rotatable bonds is 3. The number of thiazole rings is 1. The molecule has 22 heavy (non-hydrogen) atoms. The molecule has 0 radical (unpaired) electrons. The van der Waals surface area contributed by atoms with Crippen LogP contribution in [0, 0.1) is 0 Å². The average Bonchev–Trinajstić information content (AvgIpc) is 2.88. The number of nitrogens with zero attached hydrogens (tertiary/aromatic N) is 1. The van der Waals surface area contributed by atoms with Crippen molar-refractivity contribution in [2.75, 3.05) is 12.4 Å². The lowest BCUT2D eigenvalue weighted by Crippen LogP contribution is -2.04. The molecule has 0 aliphatic heterocycles. The molecule has 0 amide bonds. The van der Waals surface area contributed by atoms with Crippen LogP contribution >= 0.6 is 11.3 Å². The van der Waals surface area contributed by atoms with Crippen molar-refractivity contribution >= 4 is 32.4 Å². The van der Waals surface area contributed by atoms with Crippen molar-refractivity contribution in [1.29, 1.82) is 0 Å². The van der Waals surface area contributed by atoms with Gasteiger partial charge in [-0.25, -0.2) is 4.98 Å². The molecule has 1 heterocycles. The van der Waals surface area contributed by atoms with Crippen LogP contribution in [0.2, 0.25) is 0 Å². The Balaban J connectivity index is 1.83. The molecule has 0 aliphatic carbocycles. The number of fused-ring (bicyclic) bond motifs is 1. The molecule has 0 atom stereocenters. The lowest BCUT2D eigenvalue weighted by atomic mass is 10.2. The number of ether oxygens (including phenoxy) is 1. The standard InChI is InChI=1S/C15H11F3N2OS/c1-21-11-6-7-12-13(8-11)22-14(20-12)19-10-4-2-9(3-5-10)15(16,17)18/h2-8H,1H3,(H,19,20). The molecule has 0 fully saturated rings. The molecule has 7 heteroatoms. The number of hydrogen-bond donors (Lipinski definition) is 1. The van der Waals surface area contributed by atoms with Crippen LogP contribution in [0.25, 0.3) is 10.2 Å². The second-order valence-corrected chi connectivity index (χ2v) is 5.58. The van der Waals surface area contributed by atoms with E-state index in [-0.39, 0.29) is 0 Å². The van der Waals surface area contributed by atoms with E-state index in [0.29, 0.717) is 10.8 Å². The average molecular weight is 324 g/mol. The van der Waals surface area contributed by atoms with Gasteiger partial charge in [-0.05, 0) is 42.5 Å². The van der Waals surface area contributed by atoms with Gasteiger partial charge in [0.2, 0.25) is 0 Å². The fourth-order valence-electron chi connectivity index (χ4n) is 1.95. The highest BCUT2D eigenvalue weighted by molar-refractivity contribution is 7.22. The van der Waals surface area contributed by atoms with Gasteiger partial charge >= 0.3 is 6.18 Å². The van der Waals surface area contributed by atoms with Crippen molar-refractivity contribution < 1.29 is 17.9 Å². The summed E-state index contributed by atoms with van der Waals surface area (Å²) in [7, 11) is 1.59. The van der Waals surface area contributed by atoms with Crippen molar-refractivity contribution in [3.05, 3.63) is 48.0 Å². The van der Waals surface area contributed by atoms with Gasteiger partial charge in [0.15, 0.2) is 5.13 Å². The number of anilines is 2. The van der Waals surface area contributed by atoms with Crippen molar-refractivity contribution in [3.63, 3.8) is 0 Å². The van der Waals surface area contributed by atoms with Gasteiger partial charge < -0.3 is 10.1 Å². The molecule has 0 saturated carbocycles. The van der Waals surface area contributed by atoms with Crippen LogP contribution < -0.4 is 10.1 Å². The maximum absolute atomic E-state index is 12.5. The smallest absolute Gasteiger partial charge is 0.416 e. The van der Waals surface area contributed by atoms with E-state index in [0.717, 1.165) is 28.1 Å². The molecule has 1 N–H and O–H groups in total. The molecule has 3 aromatic rings. The summed E-state index contributed by atoms with van der Waals surface area (Å²) in [6.45, 7) is 0. The molecule has 3 nitrogen and oxygen atoms in total. The van der Waals surface area contributed by atoms with Crippen LogP contribution in [-0.4, -0.2) is 12.1 Å². The minimum absolute atomic E-state index is 0.555. The van der Waals surface area contributed by atoms with Crippen molar-refractivity contribution in [3.8, 4) is 5.75 Å². The summed E-state index contributed by atoms with van der Waals surface area (Å²) in [5.41, 5.74) is 0.686. The van der Waals surface area contributed by atoms with Crippen LogP contribution in [0.1, 0.15) is 5.56 Å². The number of methoxy groups -OCH3 is 1. The highest BCUT2D eigenvalue weighted by Crippen LogP contribution is 2.33. The highest BCUT2D eigenvalue weighted by atomic mass is 32.1. The maximum atomic E-state index is 12.5. The minimum atomic E-state index is -4.33. The Morgan fingerprint density at radius 3 is 2.45 bits per heavy atom. The largest absolute Gasteiger partial charge is 0.497 e. The normalized spacial score (nSPS) is 11.6. The molecule has 114 valence electrons. The topological polar surface area (TPSA) is 34.1 Å². The lowest BCUT2D eigenvalue weighted by Gasteiger charge is -2.07. The Kier molecular flexibility index (Phi) is 3.66. The Morgan fingerprint density at radius 2 is 1.82 bits per heavy atom. The first-order chi connectivity index (χ1) is 10.5. The van der Waals surface area contributed by atoms with Crippen LogP contribution in [0.5, 0.6) is 5.75 Å². The quantitative estimate of drug-likeness (QED) is 0.730. The molecular formula is C15H11F3N2OS. The zero-order valence-corrected chi connectivity index (χ0v) is 12.3. The Hall–Kier alpha value is -2.28. The van der Waals surface area contributed by atoms with E-state index in [4.69, 9.17) is 4.74 Å². The number of nitrogens with one attached hydrogen (secondary N) is 1. The van der Waals surface area contributed by atoms with Gasteiger partial charge in [0, 0.05) is 5.69 Å². The van der Waals surface area contributed by atoms with Crippen LogP contribution in [0.4, 0.5) is 24.0 Å².